The lowest BCUT2D eigenvalue weighted by Gasteiger charge is -2.34. The molecule has 5 heteroatoms. The van der Waals surface area contributed by atoms with E-state index in [0.29, 0.717) is 13.1 Å². The smallest absolute Gasteiger partial charge is 0.308 e. The van der Waals surface area contributed by atoms with Crippen LogP contribution in [0.2, 0.25) is 0 Å². The van der Waals surface area contributed by atoms with E-state index in [1.807, 2.05) is 65.6 Å². The topological polar surface area (TPSA) is 70.0 Å². The van der Waals surface area contributed by atoms with Crippen molar-refractivity contribution < 1.29 is 19.7 Å². The van der Waals surface area contributed by atoms with Crippen molar-refractivity contribution in [2.24, 2.45) is 0 Å². The van der Waals surface area contributed by atoms with E-state index in [1.165, 1.54) is 0 Å². The van der Waals surface area contributed by atoms with Gasteiger partial charge in [-0.25, -0.2) is 0 Å². The predicted molar refractivity (Wildman–Crippen MR) is 109 cm³/mol. The quantitative estimate of drug-likeness (QED) is 0.649. The summed E-state index contributed by atoms with van der Waals surface area (Å²) < 4.78 is 5.32. The van der Waals surface area contributed by atoms with E-state index in [4.69, 9.17) is 4.74 Å². The molecule has 2 aromatic carbocycles. The van der Waals surface area contributed by atoms with E-state index < -0.39 is 23.7 Å². The number of benzene rings is 2. The maximum Gasteiger partial charge on any atom is 0.308 e. The van der Waals surface area contributed by atoms with Gasteiger partial charge in [0.2, 0.25) is 0 Å². The minimum absolute atomic E-state index is 0.164. The number of carbonyl (C=O) groups excluding carboxylic acids is 1. The summed E-state index contributed by atoms with van der Waals surface area (Å²) in [5, 5.41) is 20.7. The van der Waals surface area contributed by atoms with Crippen LogP contribution in [0.25, 0.3) is 0 Å². The summed E-state index contributed by atoms with van der Waals surface area (Å²) in [6, 6.07) is 19.2. The molecule has 0 heterocycles. The molecule has 0 radical (unpaired) electrons. The Morgan fingerprint density at radius 2 is 1.43 bits per heavy atom. The molecule has 0 unspecified atom stereocenters. The first-order valence-electron chi connectivity index (χ1n) is 9.61. The Balaban J connectivity index is 2.16. The third-order valence-electron chi connectivity index (χ3n) is 4.35. The lowest BCUT2D eigenvalue weighted by atomic mass is 10.0. The van der Waals surface area contributed by atoms with E-state index in [-0.39, 0.29) is 13.0 Å². The monoisotopic (exact) mass is 385 g/mol. The maximum absolute atomic E-state index is 12.1. The molecule has 0 aliphatic carbocycles. The van der Waals surface area contributed by atoms with Crippen molar-refractivity contribution in [2.75, 3.05) is 6.61 Å². The Morgan fingerprint density at radius 1 is 0.964 bits per heavy atom. The third kappa shape index (κ3) is 7.43. The Hall–Kier alpha value is -2.21. The van der Waals surface area contributed by atoms with E-state index in [0.717, 1.165) is 11.1 Å². The summed E-state index contributed by atoms with van der Waals surface area (Å²) in [5.41, 5.74) is 1.53. The van der Waals surface area contributed by atoms with Crippen LogP contribution in [0.1, 0.15) is 38.3 Å². The minimum atomic E-state index is -1.03. The van der Waals surface area contributed by atoms with Crippen molar-refractivity contribution in [1.82, 2.24) is 4.90 Å². The molecule has 0 aromatic heterocycles. The number of hydrogen-bond donors (Lipinski definition) is 2. The summed E-state index contributed by atoms with van der Waals surface area (Å²) in [4.78, 5) is 14.1. The highest BCUT2D eigenvalue weighted by Gasteiger charge is 2.29. The van der Waals surface area contributed by atoms with Gasteiger partial charge >= 0.3 is 5.97 Å². The van der Waals surface area contributed by atoms with Crippen molar-refractivity contribution in [3.63, 3.8) is 0 Å². The molecule has 2 aromatic rings. The van der Waals surface area contributed by atoms with Crippen molar-refractivity contribution in [3.05, 3.63) is 71.8 Å². The number of hydrogen-bond acceptors (Lipinski definition) is 5. The fraction of sp³-hybridized carbons (Fsp3) is 0.435. The average molecular weight is 386 g/mol. The highest BCUT2D eigenvalue weighted by atomic mass is 16.6. The first-order valence-corrected chi connectivity index (χ1v) is 9.61. The molecular weight excluding hydrogens is 354 g/mol. The SMILES string of the molecule is CC(C)(C)OC(=O)C[C@H](O)[C@H](CO)N(Cc1ccccc1)Cc1ccccc1. The molecule has 2 N–H and O–H groups in total. The van der Waals surface area contributed by atoms with Crippen LogP contribution in [0.5, 0.6) is 0 Å². The highest BCUT2D eigenvalue weighted by Crippen LogP contribution is 2.18. The zero-order chi connectivity index (χ0) is 20.6. The summed E-state index contributed by atoms with van der Waals surface area (Å²) >= 11 is 0. The Morgan fingerprint density at radius 3 is 1.82 bits per heavy atom. The standard InChI is InChI=1S/C23H31NO4/c1-23(2,3)28-22(27)14-21(26)20(17-25)24(15-18-10-6-4-7-11-18)16-19-12-8-5-9-13-19/h4-13,20-21,25-26H,14-17H2,1-3H3/t20-,21-/m0/s1. The number of nitrogens with zero attached hydrogens (tertiary/aromatic N) is 1. The molecule has 152 valence electrons. The summed E-state index contributed by atoms with van der Waals surface area (Å²) in [6.45, 7) is 6.20. The van der Waals surface area contributed by atoms with Gasteiger partial charge in [0.05, 0.1) is 25.2 Å². The van der Waals surface area contributed by atoms with Crippen LogP contribution in [0, 0.1) is 0 Å². The molecule has 2 atom stereocenters. The molecule has 28 heavy (non-hydrogen) atoms. The molecule has 0 saturated carbocycles. The second kappa shape index (κ2) is 10.4. The molecule has 0 bridgehead atoms. The van der Waals surface area contributed by atoms with Gasteiger partial charge in [0.15, 0.2) is 0 Å². The summed E-state index contributed by atoms with van der Waals surface area (Å²) in [5.74, 6) is -0.474. The normalized spacial score (nSPS) is 13.9. The van der Waals surface area contributed by atoms with E-state index in [9.17, 15) is 15.0 Å². The van der Waals surface area contributed by atoms with Crippen molar-refractivity contribution in [3.8, 4) is 0 Å². The van der Waals surface area contributed by atoms with Gasteiger partial charge < -0.3 is 14.9 Å². The highest BCUT2D eigenvalue weighted by molar-refractivity contribution is 5.70. The maximum atomic E-state index is 12.1. The van der Waals surface area contributed by atoms with Gasteiger partial charge in [-0.05, 0) is 31.9 Å². The predicted octanol–water partition coefficient (Wildman–Crippen LogP) is 3.14. The second-order valence-electron chi connectivity index (χ2n) is 7.98. The number of aliphatic hydroxyl groups excluding tert-OH is 2. The van der Waals surface area contributed by atoms with Gasteiger partial charge in [-0.2, -0.15) is 0 Å². The average Bonchev–Trinajstić information content (AvgIpc) is 2.62. The zero-order valence-electron chi connectivity index (χ0n) is 16.9. The van der Waals surface area contributed by atoms with Crippen molar-refractivity contribution in [2.45, 2.75) is 58.0 Å². The minimum Gasteiger partial charge on any atom is -0.460 e. The van der Waals surface area contributed by atoms with Gasteiger partial charge in [0.25, 0.3) is 0 Å². The van der Waals surface area contributed by atoms with Gasteiger partial charge in [0, 0.05) is 13.1 Å². The van der Waals surface area contributed by atoms with E-state index >= 15 is 0 Å². The van der Waals surface area contributed by atoms with Crippen LogP contribution in [0.3, 0.4) is 0 Å². The second-order valence-corrected chi connectivity index (χ2v) is 7.98. The molecule has 5 nitrogen and oxygen atoms in total. The van der Waals surface area contributed by atoms with Crippen LogP contribution in [0.15, 0.2) is 60.7 Å². The van der Waals surface area contributed by atoms with Crippen LogP contribution in [0.4, 0.5) is 0 Å². The number of ether oxygens (including phenoxy) is 1. The number of esters is 1. The zero-order valence-corrected chi connectivity index (χ0v) is 16.9. The number of carbonyl (C=O) groups is 1. The fourth-order valence-electron chi connectivity index (χ4n) is 3.10. The number of rotatable bonds is 9. The van der Waals surface area contributed by atoms with E-state index in [1.54, 1.807) is 20.8 Å². The molecule has 2 rings (SSSR count). The molecule has 0 fully saturated rings. The van der Waals surface area contributed by atoms with Crippen LogP contribution < -0.4 is 0 Å². The largest absolute Gasteiger partial charge is 0.460 e. The summed E-state index contributed by atoms with van der Waals surface area (Å²) in [6.07, 6.45) is -1.20. The van der Waals surface area contributed by atoms with Crippen LogP contribution >= 0.6 is 0 Å². The van der Waals surface area contributed by atoms with Crippen molar-refractivity contribution >= 4 is 5.97 Å². The Labute approximate surface area is 167 Å². The van der Waals surface area contributed by atoms with Crippen LogP contribution in [-0.4, -0.2) is 45.4 Å². The van der Waals surface area contributed by atoms with Crippen molar-refractivity contribution in [1.29, 1.82) is 0 Å². The molecule has 0 amide bonds. The van der Waals surface area contributed by atoms with Gasteiger partial charge in [0.1, 0.15) is 5.60 Å². The van der Waals surface area contributed by atoms with Gasteiger partial charge in [-0.1, -0.05) is 60.7 Å². The molecule has 0 spiro atoms. The lowest BCUT2D eigenvalue weighted by Crippen LogP contribution is -2.46. The number of aliphatic hydroxyl groups is 2. The molecule has 0 aliphatic heterocycles. The van der Waals surface area contributed by atoms with Crippen LogP contribution in [-0.2, 0) is 22.6 Å². The first kappa shape index (κ1) is 22.1. The molecular formula is C23H31NO4. The first-order chi connectivity index (χ1) is 13.3. The third-order valence-corrected chi connectivity index (χ3v) is 4.35. The Bertz CT molecular complexity index is 671. The molecule has 0 saturated heterocycles. The molecule has 0 aliphatic rings. The fourth-order valence-corrected chi connectivity index (χ4v) is 3.10. The summed E-state index contributed by atoms with van der Waals surface area (Å²) in [7, 11) is 0. The van der Waals surface area contributed by atoms with E-state index in [2.05, 4.69) is 0 Å². The van der Waals surface area contributed by atoms with Gasteiger partial charge in [-0.3, -0.25) is 9.69 Å². The van der Waals surface area contributed by atoms with Gasteiger partial charge in [-0.15, -0.1) is 0 Å². The lowest BCUT2D eigenvalue weighted by molar-refractivity contribution is -0.158. The Kier molecular flexibility index (Phi) is 8.18.